The molecular weight excluding hydrogens is 360 g/mol. The minimum atomic E-state index is -0.306. The van der Waals surface area contributed by atoms with E-state index in [1.165, 1.54) is 22.4 Å². The van der Waals surface area contributed by atoms with E-state index in [1.807, 2.05) is 18.3 Å². The second-order valence-electron chi connectivity index (χ2n) is 7.98. The molecule has 152 valence electrons. The van der Waals surface area contributed by atoms with Crippen molar-refractivity contribution in [3.63, 3.8) is 0 Å². The summed E-state index contributed by atoms with van der Waals surface area (Å²) >= 11 is 0. The smallest absolute Gasteiger partial charge is 0.338 e. The van der Waals surface area contributed by atoms with Gasteiger partial charge in [-0.15, -0.1) is 0 Å². The van der Waals surface area contributed by atoms with Crippen LogP contribution < -0.4 is 4.90 Å². The van der Waals surface area contributed by atoms with Crippen LogP contribution in [0.5, 0.6) is 0 Å². The standard InChI is InChI=1S/C25H30N2O2/c1-7-27-23-13-17(3)20(14-22(23)18(4)15-25(27,5)6)16-26-21-11-9-19(10-12-21)24(28)29-8-2/h9-16H,7-8H2,1-6H3. The molecule has 0 amide bonds. The second kappa shape index (κ2) is 8.24. The average Bonchev–Trinajstić information content (AvgIpc) is 2.67. The van der Waals surface area contributed by atoms with Gasteiger partial charge in [-0.05, 0) is 94.6 Å². The molecule has 0 fully saturated rings. The van der Waals surface area contributed by atoms with E-state index >= 15 is 0 Å². The van der Waals surface area contributed by atoms with E-state index in [0.29, 0.717) is 12.2 Å². The summed E-state index contributed by atoms with van der Waals surface area (Å²) in [4.78, 5) is 18.8. The van der Waals surface area contributed by atoms with Crippen molar-refractivity contribution < 1.29 is 9.53 Å². The highest BCUT2D eigenvalue weighted by Crippen LogP contribution is 2.39. The van der Waals surface area contributed by atoms with Crippen molar-refractivity contribution in [2.75, 3.05) is 18.1 Å². The minimum absolute atomic E-state index is 0.00848. The summed E-state index contributed by atoms with van der Waals surface area (Å²) in [6.45, 7) is 14.2. The van der Waals surface area contributed by atoms with Gasteiger partial charge < -0.3 is 9.64 Å². The second-order valence-corrected chi connectivity index (χ2v) is 7.98. The fourth-order valence-electron chi connectivity index (χ4n) is 4.00. The number of benzene rings is 2. The van der Waals surface area contributed by atoms with Crippen LogP contribution in [0.3, 0.4) is 0 Å². The number of rotatable bonds is 5. The summed E-state index contributed by atoms with van der Waals surface area (Å²) in [6.07, 6.45) is 4.24. The Morgan fingerprint density at radius 3 is 2.45 bits per heavy atom. The van der Waals surface area contributed by atoms with Crippen LogP contribution in [0.25, 0.3) is 5.57 Å². The summed E-state index contributed by atoms with van der Waals surface area (Å²) < 4.78 is 5.02. The predicted octanol–water partition coefficient (Wildman–Crippen LogP) is 5.94. The lowest BCUT2D eigenvalue weighted by Gasteiger charge is -2.43. The number of fused-ring (bicyclic) bond motifs is 1. The summed E-state index contributed by atoms with van der Waals surface area (Å²) in [5.74, 6) is -0.306. The molecule has 0 aromatic heterocycles. The van der Waals surface area contributed by atoms with Crippen molar-refractivity contribution in [1.82, 2.24) is 0 Å². The minimum Gasteiger partial charge on any atom is -0.462 e. The van der Waals surface area contributed by atoms with E-state index in [2.05, 4.69) is 62.7 Å². The van der Waals surface area contributed by atoms with Gasteiger partial charge in [0.25, 0.3) is 0 Å². The molecule has 0 atom stereocenters. The fourth-order valence-corrected chi connectivity index (χ4v) is 4.00. The molecule has 2 aromatic carbocycles. The predicted molar refractivity (Wildman–Crippen MR) is 122 cm³/mol. The summed E-state index contributed by atoms with van der Waals surface area (Å²) in [7, 11) is 0. The third-order valence-corrected chi connectivity index (χ3v) is 5.41. The third kappa shape index (κ3) is 4.26. The highest BCUT2D eigenvalue weighted by atomic mass is 16.5. The molecule has 0 unspecified atom stereocenters. The Kier molecular flexibility index (Phi) is 5.92. The maximum atomic E-state index is 11.8. The van der Waals surface area contributed by atoms with E-state index < -0.39 is 0 Å². The van der Waals surface area contributed by atoms with Crippen molar-refractivity contribution in [3.05, 3.63) is 64.7 Å². The van der Waals surface area contributed by atoms with E-state index in [0.717, 1.165) is 17.8 Å². The Hall–Kier alpha value is -2.88. The number of hydrogen-bond acceptors (Lipinski definition) is 4. The Morgan fingerprint density at radius 1 is 1.14 bits per heavy atom. The molecule has 0 spiro atoms. The van der Waals surface area contributed by atoms with Gasteiger partial charge in [0, 0.05) is 24.0 Å². The molecular formula is C25H30N2O2. The average molecular weight is 391 g/mol. The van der Waals surface area contributed by atoms with Crippen molar-refractivity contribution in [2.45, 2.75) is 47.1 Å². The van der Waals surface area contributed by atoms with Crippen molar-refractivity contribution in [3.8, 4) is 0 Å². The number of carbonyl (C=O) groups is 1. The number of carbonyl (C=O) groups excluding carboxylic acids is 1. The topological polar surface area (TPSA) is 41.9 Å². The molecule has 4 heteroatoms. The van der Waals surface area contributed by atoms with Gasteiger partial charge in [-0.25, -0.2) is 4.79 Å². The number of aliphatic imine (C=N–C) groups is 1. The van der Waals surface area contributed by atoms with Gasteiger partial charge in [-0.1, -0.05) is 6.08 Å². The first kappa shape index (κ1) is 20.8. The van der Waals surface area contributed by atoms with E-state index in [1.54, 1.807) is 19.1 Å². The quantitative estimate of drug-likeness (QED) is 0.468. The molecule has 0 bridgehead atoms. The first-order valence-corrected chi connectivity index (χ1v) is 10.2. The van der Waals surface area contributed by atoms with Gasteiger partial charge in [-0.3, -0.25) is 4.99 Å². The van der Waals surface area contributed by atoms with Gasteiger partial charge in [0.2, 0.25) is 0 Å². The number of aryl methyl sites for hydroxylation is 1. The van der Waals surface area contributed by atoms with Crippen LogP contribution >= 0.6 is 0 Å². The van der Waals surface area contributed by atoms with E-state index in [4.69, 9.17) is 4.74 Å². The molecule has 29 heavy (non-hydrogen) atoms. The first-order valence-electron chi connectivity index (χ1n) is 10.2. The lowest BCUT2D eigenvalue weighted by molar-refractivity contribution is 0.0526. The summed E-state index contributed by atoms with van der Waals surface area (Å²) in [5, 5.41) is 0. The molecule has 1 aliphatic rings. The van der Waals surface area contributed by atoms with Crippen LogP contribution in [0.1, 0.15) is 61.7 Å². The van der Waals surface area contributed by atoms with Crippen LogP contribution in [-0.2, 0) is 4.74 Å². The normalized spacial score (nSPS) is 15.2. The van der Waals surface area contributed by atoms with Crippen molar-refractivity contribution in [1.29, 1.82) is 0 Å². The van der Waals surface area contributed by atoms with Crippen molar-refractivity contribution in [2.24, 2.45) is 4.99 Å². The molecule has 0 aliphatic carbocycles. The van der Waals surface area contributed by atoms with Crippen LogP contribution in [-0.4, -0.2) is 30.9 Å². The highest BCUT2D eigenvalue weighted by Gasteiger charge is 2.30. The largest absolute Gasteiger partial charge is 0.462 e. The van der Waals surface area contributed by atoms with Gasteiger partial charge in [-0.2, -0.15) is 0 Å². The molecule has 1 aliphatic heterocycles. The molecule has 1 heterocycles. The number of nitrogens with zero attached hydrogens (tertiary/aromatic N) is 2. The van der Waals surface area contributed by atoms with Gasteiger partial charge in [0.15, 0.2) is 0 Å². The molecule has 3 rings (SSSR count). The third-order valence-electron chi connectivity index (χ3n) is 5.41. The van der Waals surface area contributed by atoms with E-state index in [9.17, 15) is 4.79 Å². The molecule has 4 nitrogen and oxygen atoms in total. The Morgan fingerprint density at radius 2 is 1.83 bits per heavy atom. The molecule has 0 radical (unpaired) electrons. The number of ether oxygens (including phenoxy) is 1. The zero-order valence-electron chi connectivity index (χ0n) is 18.2. The number of allylic oxidation sites excluding steroid dienone is 1. The molecule has 0 N–H and O–H groups in total. The van der Waals surface area contributed by atoms with Gasteiger partial charge in [0.05, 0.1) is 23.4 Å². The number of esters is 1. The lowest BCUT2D eigenvalue weighted by Crippen LogP contribution is -2.45. The zero-order chi connectivity index (χ0) is 21.2. The zero-order valence-corrected chi connectivity index (χ0v) is 18.2. The Labute approximate surface area is 173 Å². The molecule has 0 saturated heterocycles. The molecule has 2 aromatic rings. The lowest BCUT2D eigenvalue weighted by atomic mass is 9.87. The van der Waals surface area contributed by atoms with Crippen LogP contribution in [0.4, 0.5) is 11.4 Å². The van der Waals surface area contributed by atoms with E-state index in [-0.39, 0.29) is 11.5 Å². The summed E-state index contributed by atoms with van der Waals surface area (Å²) in [5.41, 5.74) is 7.48. The fraction of sp³-hybridized carbons (Fsp3) is 0.360. The monoisotopic (exact) mass is 390 g/mol. The first-order chi connectivity index (χ1) is 13.8. The SMILES string of the molecule is CCOC(=O)c1ccc(N=Cc2cc3c(cc2C)N(CC)C(C)(C)C=C3C)cc1. The Balaban J connectivity index is 1.89. The summed E-state index contributed by atoms with van der Waals surface area (Å²) in [6, 6.07) is 11.7. The van der Waals surface area contributed by atoms with Crippen LogP contribution in [0.2, 0.25) is 0 Å². The Bertz CT molecular complexity index is 969. The number of hydrogen-bond donors (Lipinski definition) is 0. The maximum Gasteiger partial charge on any atom is 0.338 e. The van der Waals surface area contributed by atoms with Gasteiger partial charge in [0.1, 0.15) is 0 Å². The maximum absolute atomic E-state index is 11.8. The van der Waals surface area contributed by atoms with Gasteiger partial charge >= 0.3 is 5.97 Å². The van der Waals surface area contributed by atoms with Crippen LogP contribution in [0, 0.1) is 6.92 Å². The van der Waals surface area contributed by atoms with Crippen LogP contribution in [0.15, 0.2) is 47.5 Å². The molecule has 0 saturated carbocycles. The van der Waals surface area contributed by atoms with Crippen molar-refractivity contribution >= 4 is 29.1 Å². The highest BCUT2D eigenvalue weighted by molar-refractivity contribution is 5.91. The number of anilines is 1. The number of likely N-dealkylation sites (N-methyl/N-ethyl adjacent to an activating group) is 1.